The number of hydrogen-bond donors (Lipinski definition) is 1. The lowest BCUT2D eigenvalue weighted by molar-refractivity contribution is 0.0760. The van der Waals surface area contributed by atoms with Crippen molar-refractivity contribution in [2.45, 2.75) is 26.2 Å². The lowest BCUT2D eigenvalue weighted by Gasteiger charge is -2.21. The van der Waals surface area contributed by atoms with Gasteiger partial charge in [0.25, 0.3) is 5.91 Å². The van der Waals surface area contributed by atoms with Crippen molar-refractivity contribution in [3.63, 3.8) is 0 Å². The number of nitrogens with two attached hydrogens (primary N) is 1. The number of primary amides is 1. The van der Waals surface area contributed by atoms with Crippen LogP contribution in [0.15, 0.2) is 60.7 Å². The van der Waals surface area contributed by atoms with Crippen molar-refractivity contribution in [1.82, 2.24) is 4.90 Å². The molecule has 3 aromatic rings. The van der Waals surface area contributed by atoms with Gasteiger partial charge in [0.1, 0.15) is 0 Å². The van der Waals surface area contributed by atoms with Crippen molar-refractivity contribution >= 4 is 22.6 Å². The van der Waals surface area contributed by atoms with E-state index in [9.17, 15) is 9.59 Å². The predicted molar refractivity (Wildman–Crippen MR) is 117 cm³/mol. The zero-order valence-corrected chi connectivity index (χ0v) is 16.7. The summed E-state index contributed by atoms with van der Waals surface area (Å²) in [5, 5.41) is 1.78. The van der Waals surface area contributed by atoms with Gasteiger partial charge in [-0.3, -0.25) is 9.59 Å². The molecule has 0 aliphatic carbocycles. The van der Waals surface area contributed by atoms with Gasteiger partial charge in [-0.15, -0.1) is 0 Å². The molecular weight excluding hydrogens is 360 g/mol. The molecule has 1 saturated heterocycles. The fourth-order valence-electron chi connectivity index (χ4n) is 4.24. The normalized spacial score (nSPS) is 17.1. The molecule has 29 heavy (non-hydrogen) atoms. The molecule has 1 fully saturated rings. The van der Waals surface area contributed by atoms with E-state index < -0.39 is 5.91 Å². The summed E-state index contributed by atoms with van der Waals surface area (Å²) in [6, 6.07) is 19.2. The van der Waals surface area contributed by atoms with E-state index in [0.29, 0.717) is 17.0 Å². The van der Waals surface area contributed by atoms with Crippen molar-refractivity contribution in [3.8, 4) is 11.1 Å². The molecule has 4 nitrogen and oxygen atoms in total. The number of likely N-dealkylation sites (tertiary alicyclic amines) is 1. The van der Waals surface area contributed by atoms with Crippen LogP contribution in [-0.4, -0.2) is 29.8 Å². The van der Waals surface area contributed by atoms with Crippen LogP contribution in [0, 0.1) is 5.92 Å². The molecule has 0 saturated carbocycles. The Balaban J connectivity index is 1.72. The van der Waals surface area contributed by atoms with Gasteiger partial charge in [0.15, 0.2) is 0 Å². The molecule has 4 heteroatoms. The first kappa shape index (κ1) is 19.2. The van der Waals surface area contributed by atoms with Crippen LogP contribution < -0.4 is 5.73 Å². The summed E-state index contributed by atoms with van der Waals surface area (Å²) in [6.45, 7) is 3.90. The van der Waals surface area contributed by atoms with Crippen LogP contribution in [0.25, 0.3) is 21.9 Å². The van der Waals surface area contributed by atoms with Gasteiger partial charge < -0.3 is 10.6 Å². The zero-order chi connectivity index (χ0) is 20.4. The second-order valence-electron chi connectivity index (χ2n) is 7.98. The zero-order valence-electron chi connectivity index (χ0n) is 16.7. The average Bonchev–Trinajstić information content (AvgIpc) is 2.96. The molecule has 0 radical (unpaired) electrons. The quantitative estimate of drug-likeness (QED) is 0.698. The maximum absolute atomic E-state index is 13.1. The number of amides is 2. The molecular formula is C25H26N2O2. The lowest BCUT2D eigenvalue weighted by Crippen LogP contribution is -2.31. The summed E-state index contributed by atoms with van der Waals surface area (Å²) in [5.41, 5.74) is 8.72. The molecule has 148 valence electrons. The van der Waals surface area contributed by atoms with Crippen LogP contribution in [0.5, 0.6) is 0 Å². The highest BCUT2D eigenvalue weighted by Gasteiger charge is 2.20. The molecule has 2 N–H and O–H groups in total. The fourth-order valence-corrected chi connectivity index (χ4v) is 4.24. The van der Waals surface area contributed by atoms with Gasteiger partial charge in [0, 0.05) is 24.2 Å². The van der Waals surface area contributed by atoms with E-state index in [1.54, 1.807) is 6.07 Å². The molecule has 2 amide bonds. The highest BCUT2D eigenvalue weighted by molar-refractivity contribution is 6.10. The first-order valence-electron chi connectivity index (χ1n) is 10.3. The number of nitrogens with zero attached hydrogens (tertiary/aromatic N) is 1. The topological polar surface area (TPSA) is 63.4 Å². The third-order valence-electron chi connectivity index (χ3n) is 5.91. The molecule has 0 bridgehead atoms. The van der Waals surface area contributed by atoms with E-state index in [1.807, 2.05) is 59.5 Å². The first-order valence-corrected chi connectivity index (χ1v) is 10.3. The molecule has 0 aromatic heterocycles. The van der Waals surface area contributed by atoms with Crippen LogP contribution >= 0.6 is 0 Å². The molecule has 3 aromatic carbocycles. The average molecular weight is 386 g/mol. The summed E-state index contributed by atoms with van der Waals surface area (Å²) < 4.78 is 0. The Bertz CT molecular complexity index is 1070. The maximum Gasteiger partial charge on any atom is 0.253 e. The number of benzene rings is 3. The summed E-state index contributed by atoms with van der Waals surface area (Å²) in [5.74, 6) is 0.334. The molecule has 1 heterocycles. The van der Waals surface area contributed by atoms with Crippen molar-refractivity contribution < 1.29 is 9.59 Å². The minimum Gasteiger partial charge on any atom is -0.366 e. The maximum atomic E-state index is 13.1. The second-order valence-corrected chi connectivity index (χ2v) is 7.98. The number of fused-ring (bicyclic) bond motifs is 1. The van der Waals surface area contributed by atoms with E-state index in [2.05, 4.69) is 6.92 Å². The fraction of sp³-hybridized carbons (Fsp3) is 0.280. The van der Waals surface area contributed by atoms with Crippen LogP contribution in [0.4, 0.5) is 0 Å². The lowest BCUT2D eigenvalue weighted by atomic mass is 9.94. The first-order chi connectivity index (χ1) is 14.0. The molecule has 1 atom stereocenters. The van der Waals surface area contributed by atoms with Gasteiger partial charge in [0.2, 0.25) is 5.91 Å². The van der Waals surface area contributed by atoms with E-state index in [1.165, 1.54) is 6.42 Å². The van der Waals surface area contributed by atoms with Gasteiger partial charge in [0.05, 0.1) is 0 Å². The summed E-state index contributed by atoms with van der Waals surface area (Å²) in [6.07, 6.45) is 3.30. The van der Waals surface area contributed by atoms with Crippen molar-refractivity contribution in [2.75, 3.05) is 13.1 Å². The van der Waals surface area contributed by atoms with Crippen LogP contribution in [0.1, 0.15) is 46.9 Å². The highest BCUT2D eigenvalue weighted by Crippen LogP contribution is 2.31. The minimum absolute atomic E-state index is 0.0963. The number of carbonyl (C=O) groups is 2. The number of hydrogen-bond acceptors (Lipinski definition) is 2. The Morgan fingerprint density at radius 2 is 1.69 bits per heavy atom. The van der Waals surface area contributed by atoms with E-state index in [4.69, 9.17) is 5.73 Å². The van der Waals surface area contributed by atoms with E-state index in [-0.39, 0.29) is 5.91 Å². The summed E-state index contributed by atoms with van der Waals surface area (Å²) in [7, 11) is 0. The second kappa shape index (κ2) is 8.08. The smallest absolute Gasteiger partial charge is 0.253 e. The Kier molecular flexibility index (Phi) is 5.34. The van der Waals surface area contributed by atoms with Gasteiger partial charge in [-0.1, -0.05) is 49.4 Å². The Morgan fingerprint density at radius 1 is 0.931 bits per heavy atom. The van der Waals surface area contributed by atoms with Gasteiger partial charge in [-0.25, -0.2) is 0 Å². The largest absolute Gasteiger partial charge is 0.366 e. The summed E-state index contributed by atoms with van der Waals surface area (Å²) >= 11 is 0. The highest BCUT2D eigenvalue weighted by atomic mass is 16.2. The Labute approximate surface area is 171 Å². The van der Waals surface area contributed by atoms with E-state index in [0.717, 1.165) is 47.8 Å². The predicted octanol–water partition coefficient (Wildman–Crippen LogP) is 4.87. The third kappa shape index (κ3) is 3.88. The molecule has 0 spiro atoms. The standard InChI is InChI=1S/C25H26N2O2/c1-17-6-5-14-27(15-13-17)25(29)19-8-2-7-18(16-19)20-9-3-11-22-21(20)10-4-12-23(22)24(26)28/h2-4,7-12,16-17H,5-6,13-15H2,1H3,(H2,26,28)/t17-/m0/s1. The van der Waals surface area contributed by atoms with Crippen LogP contribution in [-0.2, 0) is 0 Å². The minimum atomic E-state index is -0.438. The van der Waals surface area contributed by atoms with Gasteiger partial charge >= 0.3 is 0 Å². The summed E-state index contributed by atoms with van der Waals surface area (Å²) in [4.78, 5) is 26.9. The van der Waals surface area contributed by atoms with E-state index >= 15 is 0 Å². The monoisotopic (exact) mass is 386 g/mol. The SMILES string of the molecule is C[C@H]1CCCN(C(=O)c2cccc(-c3cccc4c(C(N)=O)cccc34)c2)CC1. The molecule has 0 unspecified atom stereocenters. The van der Waals surface area contributed by atoms with Crippen LogP contribution in [0.3, 0.4) is 0 Å². The number of carbonyl (C=O) groups excluding carboxylic acids is 2. The Morgan fingerprint density at radius 3 is 2.52 bits per heavy atom. The van der Waals surface area contributed by atoms with Gasteiger partial charge in [-0.05, 0) is 65.3 Å². The molecule has 4 rings (SSSR count). The molecule has 1 aliphatic rings. The van der Waals surface area contributed by atoms with Crippen molar-refractivity contribution in [2.24, 2.45) is 11.7 Å². The van der Waals surface area contributed by atoms with Crippen LogP contribution in [0.2, 0.25) is 0 Å². The van der Waals surface area contributed by atoms with Gasteiger partial charge in [-0.2, -0.15) is 0 Å². The van der Waals surface area contributed by atoms with Crippen molar-refractivity contribution in [1.29, 1.82) is 0 Å². The number of rotatable bonds is 3. The Hall–Kier alpha value is -3.14. The third-order valence-corrected chi connectivity index (χ3v) is 5.91. The molecule has 1 aliphatic heterocycles. The van der Waals surface area contributed by atoms with Crippen molar-refractivity contribution in [3.05, 3.63) is 71.8 Å².